The highest BCUT2D eigenvalue weighted by atomic mass is 16.7. The van der Waals surface area contributed by atoms with Gasteiger partial charge >= 0.3 is 17.9 Å². The van der Waals surface area contributed by atoms with Crippen LogP contribution in [0.2, 0.25) is 0 Å². The standard InChI is InChI=1S/C65H100O19/c1-33(19-35(3)31-74-57(72)22-34(2)21-55(68)69)20-46-37(5)24-52-62(8,83-46)30-50-60(80-52)61(73)65(11)54(78-50)29-49-59(84-65)36(4)13-12-14-44-43(76-49)17-18-51-63(9,81-44)32-64(10)53(79-51)28-48-45(82-64)16-15-42(67)47(77-48)27-40(66)26-41-23-38(6)58(75-41)39(7)25-56(70)71/h12-13,19,34-36,38-54,58-61,66-67,73H,5,14-18,20-32H2,1-4,6-11H3,(H,68,69)(H,70,71)/b13-12-,33-19+/t34-,35+,36+,38+,39-,40-,41-,42+,43+,44-,45+,46-,47+,48-,49-,50-,51-,52-,53+,54+,58-,59+,60-,61+,62+,63+,64-,65+/m1/s1. The predicted molar refractivity (Wildman–Crippen MR) is 306 cm³/mol. The maximum atomic E-state index is 12.5. The summed E-state index contributed by atoms with van der Waals surface area (Å²) < 4.78 is 75.5. The van der Waals surface area contributed by atoms with Crippen LogP contribution in [-0.2, 0) is 66.5 Å². The molecule has 0 unspecified atom stereocenters. The Morgan fingerprint density at radius 2 is 1.44 bits per heavy atom. The van der Waals surface area contributed by atoms with E-state index in [0.717, 1.165) is 17.6 Å². The summed E-state index contributed by atoms with van der Waals surface area (Å²) in [4.78, 5) is 34.9. The monoisotopic (exact) mass is 1180 g/mol. The van der Waals surface area contributed by atoms with Crippen LogP contribution in [0.4, 0.5) is 0 Å². The van der Waals surface area contributed by atoms with Crippen molar-refractivity contribution in [3.05, 3.63) is 36.0 Å². The molecule has 5 N–H and O–H groups in total. The normalized spacial score (nSPS) is 47.6. The number of carboxylic acid groups (broad SMARTS) is 2. The fourth-order valence-electron chi connectivity index (χ4n) is 16.7. The molecule has 0 saturated carbocycles. The average Bonchev–Trinajstić information content (AvgIpc) is 0.867. The number of carbonyl (C=O) groups excluding carboxylic acids is 1. The highest BCUT2D eigenvalue weighted by molar-refractivity contribution is 5.72. The molecule has 10 aliphatic rings. The zero-order chi connectivity index (χ0) is 60.4. The molecule has 9 saturated heterocycles. The minimum absolute atomic E-state index is 0.0345. The second-order valence-electron chi connectivity index (χ2n) is 28.7. The number of hydrogen-bond acceptors (Lipinski definition) is 17. The number of esters is 1. The summed E-state index contributed by atoms with van der Waals surface area (Å²) in [6.45, 7) is 24.8. The molecule has 19 nitrogen and oxygen atoms in total. The minimum Gasteiger partial charge on any atom is -0.481 e. The lowest BCUT2D eigenvalue weighted by Gasteiger charge is -2.61. The van der Waals surface area contributed by atoms with Gasteiger partial charge in [-0.2, -0.15) is 0 Å². The summed E-state index contributed by atoms with van der Waals surface area (Å²) in [5, 5.41) is 53.8. The van der Waals surface area contributed by atoms with Crippen molar-refractivity contribution in [1.82, 2.24) is 0 Å². The van der Waals surface area contributed by atoms with E-state index in [2.05, 4.69) is 59.4 Å². The SMILES string of the molecule is C=C1C[C@H]2O[C@@H]3[C@@H](C[C@]2(C)O[C@@H]1C/C(C)=C/[C@H](C)COC(=O)C[C@H](C)CC(=O)O)O[C@H]1C[C@H]2O[C@H]4CC[C@H]5O[C@H]6C[C@H]7O[C@@H](C[C@H](O)C[C@H]8C[C@H](C)[C@H]([C@H](C)CC(=O)O)O8)[C@@H](O)CC[C@@H]7O[C@]6(C)C[C@]5(C)O[C@@H]4C/C=C\[C@H](C)[C@@H]2O[C@]1(C)[C@H]3O. The first-order valence-electron chi connectivity index (χ1n) is 31.9. The van der Waals surface area contributed by atoms with Crippen molar-refractivity contribution in [3.63, 3.8) is 0 Å². The van der Waals surface area contributed by atoms with Gasteiger partial charge in [0.15, 0.2) is 0 Å². The molecule has 0 aliphatic carbocycles. The number of aliphatic hydroxyl groups is 3. The Bertz CT molecular complexity index is 2420. The van der Waals surface area contributed by atoms with E-state index in [1.54, 1.807) is 6.92 Å². The Kier molecular flexibility index (Phi) is 19.5. The maximum absolute atomic E-state index is 12.5. The van der Waals surface area contributed by atoms with Crippen molar-refractivity contribution in [1.29, 1.82) is 0 Å². The lowest BCUT2D eigenvalue weighted by Crippen LogP contribution is -2.74. The van der Waals surface area contributed by atoms with Gasteiger partial charge in [-0.25, -0.2) is 0 Å². The number of carboxylic acids is 2. The highest BCUT2D eigenvalue weighted by Gasteiger charge is 2.65. The topological polar surface area (TPSA) is 254 Å². The molecule has 0 spiro atoms. The van der Waals surface area contributed by atoms with Crippen molar-refractivity contribution >= 4 is 17.9 Å². The molecule has 0 aromatic carbocycles. The molecule has 0 aromatic heterocycles. The molecule has 10 aliphatic heterocycles. The molecule has 10 heterocycles. The molecule has 10 rings (SSSR count). The van der Waals surface area contributed by atoms with Gasteiger partial charge in [0.05, 0.1) is 134 Å². The first-order valence-corrected chi connectivity index (χ1v) is 31.9. The lowest BCUT2D eigenvalue weighted by molar-refractivity contribution is -0.369. The molecular formula is C65H100O19. The first-order chi connectivity index (χ1) is 39.6. The summed E-state index contributed by atoms with van der Waals surface area (Å²) >= 11 is 0. The third kappa shape index (κ3) is 13.8. The number of aliphatic carboxylic acids is 2. The fourth-order valence-corrected chi connectivity index (χ4v) is 16.7. The average molecular weight is 1190 g/mol. The number of carbonyl (C=O) groups is 3. The number of aliphatic hydroxyl groups excluding tert-OH is 3. The Morgan fingerprint density at radius 1 is 0.726 bits per heavy atom. The Hall–Kier alpha value is -2.89. The molecule has 84 heavy (non-hydrogen) atoms. The molecule has 474 valence electrons. The molecule has 0 amide bonds. The van der Waals surface area contributed by atoms with Crippen LogP contribution in [-0.4, -0.2) is 188 Å². The molecule has 0 bridgehead atoms. The number of rotatable bonds is 16. The van der Waals surface area contributed by atoms with E-state index in [-0.39, 0.29) is 129 Å². The van der Waals surface area contributed by atoms with Crippen LogP contribution in [0.5, 0.6) is 0 Å². The van der Waals surface area contributed by atoms with Gasteiger partial charge in [-0.3, -0.25) is 14.4 Å². The van der Waals surface area contributed by atoms with Gasteiger partial charge in [0, 0.05) is 56.8 Å². The van der Waals surface area contributed by atoms with Gasteiger partial charge < -0.3 is 77.6 Å². The van der Waals surface area contributed by atoms with Crippen molar-refractivity contribution in [3.8, 4) is 0 Å². The second-order valence-corrected chi connectivity index (χ2v) is 28.7. The quantitative estimate of drug-likeness (QED) is 0.0727. The third-order valence-corrected chi connectivity index (χ3v) is 21.1. The van der Waals surface area contributed by atoms with Crippen LogP contribution in [0.3, 0.4) is 0 Å². The number of hydrogen-bond donors (Lipinski definition) is 5. The number of fused-ring (bicyclic) bond motifs is 8. The first kappa shape index (κ1) is 64.1. The summed E-state index contributed by atoms with van der Waals surface area (Å²) in [5.74, 6) is -2.58. The van der Waals surface area contributed by atoms with Gasteiger partial charge in [-0.15, -0.1) is 0 Å². The van der Waals surface area contributed by atoms with Gasteiger partial charge in [0.1, 0.15) is 17.8 Å². The van der Waals surface area contributed by atoms with Crippen LogP contribution in [0.1, 0.15) is 178 Å². The van der Waals surface area contributed by atoms with Gasteiger partial charge in [-0.1, -0.05) is 65.0 Å². The molecule has 0 radical (unpaired) electrons. The van der Waals surface area contributed by atoms with Gasteiger partial charge in [-0.05, 0) is 116 Å². The highest BCUT2D eigenvalue weighted by Crippen LogP contribution is 2.54. The Balaban J connectivity index is 0.759. The van der Waals surface area contributed by atoms with Crippen LogP contribution in [0.15, 0.2) is 36.0 Å². The van der Waals surface area contributed by atoms with E-state index >= 15 is 0 Å². The number of ether oxygens (including phenoxy) is 11. The van der Waals surface area contributed by atoms with Crippen LogP contribution in [0.25, 0.3) is 0 Å². The maximum Gasteiger partial charge on any atom is 0.306 e. The predicted octanol–water partition coefficient (Wildman–Crippen LogP) is 7.89. The van der Waals surface area contributed by atoms with E-state index in [1.807, 2.05) is 27.7 Å². The van der Waals surface area contributed by atoms with Crippen molar-refractivity contribution in [2.24, 2.45) is 29.6 Å². The zero-order valence-electron chi connectivity index (χ0n) is 51.5. The van der Waals surface area contributed by atoms with E-state index in [1.165, 1.54) is 0 Å². The van der Waals surface area contributed by atoms with E-state index in [4.69, 9.17) is 57.2 Å². The van der Waals surface area contributed by atoms with Crippen LogP contribution in [0, 0.1) is 29.6 Å². The Labute approximate surface area is 497 Å². The molecule has 19 heteroatoms. The van der Waals surface area contributed by atoms with Crippen molar-refractivity contribution in [2.75, 3.05) is 6.61 Å². The van der Waals surface area contributed by atoms with Crippen molar-refractivity contribution < 1.29 is 92.0 Å². The van der Waals surface area contributed by atoms with Gasteiger partial charge in [0.2, 0.25) is 0 Å². The van der Waals surface area contributed by atoms with E-state index in [9.17, 15) is 34.8 Å². The molecule has 0 aromatic rings. The zero-order valence-corrected chi connectivity index (χ0v) is 51.5. The smallest absolute Gasteiger partial charge is 0.306 e. The summed E-state index contributed by atoms with van der Waals surface area (Å²) in [6.07, 6.45) is 5.79. The minimum atomic E-state index is -1.09. The van der Waals surface area contributed by atoms with Crippen LogP contribution >= 0.6 is 0 Å². The lowest BCUT2D eigenvalue weighted by atomic mass is 9.72. The third-order valence-electron chi connectivity index (χ3n) is 21.1. The largest absolute Gasteiger partial charge is 0.481 e. The summed E-state index contributed by atoms with van der Waals surface area (Å²) in [6, 6.07) is 0. The van der Waals surface area contributed by atoms with E-state index < -0.39 is 89.1 Å². The van der Waals surface area contributed by atoms with Crippen molar-refractivity contribution in [2.45, 2.75) is 317 Å². The molecule has 9 fully saturated rings. The van der Waals surface area contributed by atoms with E-state index in [0.29, 0.717) is 77.0 Å². The molecular weight excluding hydrogens is 1080 g/mol. The Morgan fingerprint density at radius 3 is 2.19 bits per heavy atom. The van der Waals surface area contributed by atoms with Gasteiger partial charge in [0.25, 0.3) is 0 Å². The fraction of sp³-hybridized carbons (Fsp3) is 0.862. The molecule has 28 atom stereocenters. The second kappa shape index (κ2) is 25.5. The summed E-state index contributed by atoms with van der Waals surface area (Å²) in [7, 11) is 0. The van der Waals surface area contributed by atoms with Crippen LogP contribution < -0.4 is 0 Å². The summed E-state index contributed by atoms with van der Waals surface area (Å²) in [5.41, 5.74) is -1.26.